The van der Waals surface area contributed by atoms with E-state index in [1.807, 2.05) is 0 Å². The molecule has 0 unspecified atom stereocenters. The first-order chi connectivity index (χ1) is 8.56. The van der Waals surface area contributed by atoms with Crippen molar-refractivity contribution in [2.24, 2.45) is 0 Å². The topological polar surface area (TPSA) is 61.3 Å². The van der Waals surface area contributed by atoms with Crippen LogP contribution in [0.1, 0.15) is 5.89 Å². The van der Waals surface area contributed by atoms with Crippen LogP contribution < -0.4 is 5.73 Å². The van der Waals surface area contributed by atoms with Crippen molar-refractivity contribution in [2.45, 2.75) is 12.8 Å². The summed E-state index contributed by atoms with van der Waals surface area (Å²) in [7, 11) is 0. The molecule has 0 radical (unpaired) electrons. The van der Waals surface area contributed by atoms with Crippen molar-refractivity contribution in [3.8, 4) is 0 Å². The number of hydrogen-bond acceptors (Lipinski definition) is 4. The first-order valence-corrected chi connectivity index (χ1v) is 6.06. The van der Waals surface area contributed by atoms with Crippen molar-refractivity contribution in [1.29, 1.82) is 0 Å². The summed E-state index contributed by atoms with van der Waals surface area (Å²) in [6.07, 6.45) is -2.13. The molecule has 1 aromatic carbocycles. The fourth-order valence-corrected chi connectivity index (χ4v) is 1.97. The van der Waals surface area contributed by atoms with Crippen LogP contribution >= 0.6 is 15.9 Å². The summed E-state index contributed by atoms with van der Waals surface area (Å²) >= 11 is 3.30. The summed E-state index contributed by atoms with van der Waals surface area (Å²) in [6.45, 7) is -0.438. The minimum atomic E-state index is -2.46. The molecule has 18 heavy (non-hydrogen) atoms. The maximum absolute atomic E-state index is 11.8. The average molecular weight is 321 g/mol. The number of rotatable bonds is 5. The van der Waals surface area contributed by atoms with E-state index in [9.17, 15) is 8.78 Å². The fraction of sp³-hybridized carbons (Fsp3) is 0.364. The van der Waals surface area contributed by atoms with Gasteiger partial charge in [-0.25, -0.2) is 13.8 Å². The quantitative estimate of drug-likeness (QED) is 0.679. The van der Waals surface area contributed by atoms with Gasteiger partial charge in [0.2, 0.25) is 0 Å². The zero-order valence-corrected chi connectivity index (χ0v) is 10.9. The lowest BCUT2D eigenvalue weighted by Gasteiger charge is -2.00. The number of aromatic nitrogens is 1. The number of hydrogen-bond donors (Lipinski definition) is 1. The molecule has 0 bridgehead atoms. The molecule has 0 amide bonds. The monoisotopic (exact) mass is 320 g/mol. The van der Waals surface area contributed by atoms with Gasteiger partial charge in [-0.3, -0.25) is 0 Å². The number of anilines is 1. The zero-order valence-electron chi connectivity index (χ0n) is 9.33. The van der Waals surface area contributed by atoms with Gasteiger partial charge in [-0.05, 0) is 12.1 Å². The third kappa shape index (κ3) is 3.17. The molecule has 0 aliphatic carbocycles. The van der Waals surface area contributed by atoms with Gasteiger partial charge in [-0.15, -0.1) is 0 Å². The standard InChI is InChI=1S/C11H11BrF2N2O2/c12-6-3-7(15)11-8(4-6)16-10(18-11)1-2-17-5-9(13)14/h3-4,9H,1-2,5,15H2. The fourth-order valence-electron chi connectivity index (χ4n) is 1.51. The van der Waals surface area contributed by atoms with Crippen LogP contribution in [0.3, 0.4) is 0 Å². The van der Waals surface area contributed by atoms with Gasteiger partial charge in [-0.1, -0.05) is 15.9 Å². The Morgan fingerprint density at radius 2 is 2.22 bits per heavy atom. The molecule has 7 heteroatoms. The molecule has 2 aromatic rings. The molecule has 0 aliphatic rings. The number of ether oxygens (including phenoxy) is 1. The lowest BCUT2D eigenvalue weighted by atomic mass is 10.3. The lowest BCUT2D eigenvalue weighted by Crippen LogP contribution is -2.07. The molecule has 0 saturated carbocycles. The largest absolute Gasteiger partial charge is 0.438 e. The number of alkyl halides is 2. The Bertz CT molecular complexity index is 545. The first kappa shape index (κ1) is 13.2. The first-order valence-electron chi connectivity index (χ1n) is 5.26. The van der Waals surface area contributed by atoms with E-state index in [0.29, 0.717) is 29.1 Å². The van der Waals surface area contributed by atoms with Crippen LogP contribution in [-0.4, -0.2) is 24.6 Å². The molecular weight excluding hydrogens is 310 g/mol. The predicted octanol–water partition coefficient (Wildman–Crippen LogP) is 3.00. The number of fused-ring (bicyclic) bond motifs is 1. The van der Waals surface area contributed by atoms with Gasteiger partial charge < -0.3 is 14.9 Å². The highest BCUT2D eigenvalue weighted by molar-refractivity contribution is 9.10. The molecule has 0 atom stereocenters. The van der Waals surface area contributed by atoms with Crippen LogP contribution in [-0.2, 0) is 11.2 Å². The van der Waals surface area contributed by atoms with Crippen LogP contribution in [0.4, 0.5) is 14.5 Å². The van der Waals surface area contributed by atoms with E-state index in [4.69, 9.17) is 14.9 Å². The molecule has 0 aliphatic heterocycles. The van der Waals surface area contributed by atoms with Gasteiger partial charge >= 0.3 is 0 Å². The minimum absolute atomic E-state index is 0.137. The van der Waals surface area contributed by atoms with E-state index in [2.05, 4.69) is 20.9 Å². The summed E-state index contributed by atoms with van der Waals surface area (Å²) in [6, 6.07) is 3.49. The van der Waals surface area contributed by atoms with Gasteiger partial charge in [0.25, 0.3) is 6.43 Å². The predicted molar refractivity (Wildman–Crippen MR) is 66.6 cm³/mol. The van der Waals surface area contributed by atoms with Gasteiger partial charge in [0.1, 0.15) is 12.1 Å². The maximum atomic E-state index is 11.8. The van der Waals surface area contributed by atoms with E-state index in [1.54, 1.807) is 12.1 Å². The lowest BCUT2D eigenvalue weighted by molar-refractivity contribution is 0.0174. The molecule has 4 nitrogen and oxygen atoms in total. The van der Waals surface area contributed by atoms with Crippen molar-refractivity contribution in [3.63, 3.8) is 0 Å². The van der Waals surface area contributed by atoms with Crippen molar-refractivity contribution in [2.75, 3.05) is 18.9 Å². The van der Waals surface area contributed by atoms with Crippen molar-refractivity contribution >= 4 is 32.7 Å². The number of benzene rings is 1. The van der Waals surface area contributed by atoms with Crippen LogP contribution in [0, 0.1) is 0 Å². The van der Waals surface area contributed by atoms with E-state index >= 15 is 0 Å². The van der Waals surface area contributed by atoms with E-state index in [-0.39, 0.29) is 6.61 Å². The Morgan fingerprint density at radius 1 is 1.44 bits per heavy atom. The summed E-state index contributed by atoms with van der Waals surface area (Å²) in [4.78, 5) is 4.21. The second-order valence-electron chi connectivity index (χ2n) is 3.67. The Morgan fingerprint density at radius 3 is 2.94 bits per heavy atom. The molecule has 2 N–H and O–H groups in total. The molecule has 2 rings (SSSR count). The highest BCUT2D eigenvalue weighted by Crippen LogP contribution is 2.26. The van der Waals surface area contributed by atoms with Crippen LogP contribution in [0.15, 0.2) is 21.0 Å². The Labute approximate surface area is 110 Å². The zero-order chi connectivity index (χ0) is 13.1. The van der Waals surface area contributed by atoms with Crippen molar-refractivity contribution in [3.05, 3.63) is 22.5 Å². The van der Waals surface area contributed by atoms with Crippen LogP contribution in [0.5, 0.6) is 0 Å². The highest BCUT2D eigenvalue weighted by atomic mass is 79.9. The van der Waals surface area contributed by atoms with Gasteiger partial charge in [0.05, 0.1) is 12.3 Å². The third-order valence-electron chi connectivity index (χ3n) is 2.23. The Balaban J connectivity index is 2.04. The molecule has 0 fully saturated rings. The second kappa shape index (κ2) is 5.62. The number of nitrogens with two attached hydrogens (primary N) is 1. The van der Waals surface area contributed by atoms with Crippen molar-refractivity contribution in [1.82, 2.24) is 4.98 Å². The Kier molecular flexibility index (Phi) is 4.13. The molecule has 98 valence electrons. The molecule has 1 aromatic heterocycles. The van der Waals surface area contributed by atoms with E-state index < -0.39 is 13.0 Å². The summed E-state index contributed by atoms with van der Waals surface area (Å²) < 4.78 is 34.7. The number of nitrogens with zero attached hydrogens (tertiary/aromatic N) is 1. The molecule has 1 heterocycles. The minimum Gasteiger partial charge on any atom is -0.438 e. The van der Waals surface area contributed by atoms with Crippen molar-refractivity contribution < 1.29 is 17.9 Å². The van der Waals surface area contributed by atoms with Crippen LogP contribution in [0.25, 0.3) is 11.1 Å². The smallest absolute Gasteiger partial charge is 0.261 e. The number of nitrogen functional groups attached to an aromatic ring is 1. The summed E-state index contributed by atoms with van der Waals surface area (Å²) in [5, 5.41) is 0. The van der Waals surface area contributed by atoms with Gasteiger partial charge in [0, 0.05) is 10.9 Å². The van der Waals surface area contributed by atoms with E-state index in [1.165, 1.54) is 0 Å². The van der Waals surface area contributed by atoms with Gasteiger partial charge in [-0.2, -0.15) is 0 Å². The summed E-state index contributed by atoms with van der Waals surface area (Å²) in [5.41, 5.74) is 7.38. The van der Waals surface area contributed by atoms with Crippen LogP contribution in [0.2, 0.25) is 0 Å². The third-order valence-corrected chi connectivity index (χ3v) is 2.69. The molecule has 0 saturated heterocycles. The highest BCUT2D eigenvalue weighted by Gasteiger charge is 2.10. The normalized spacial score (nSPS) is 11.6. The SMILES string of the molecule is Nc1cc(Br)cc2nc(CCOCC(F)F)oc12. The summed E-state index contributed by atoms with van der Waals surface area (Å²) in [5.74, 6) is 0.420. The van der Waals surface area contributed by atoms with E-state index in [0.717, 1.165) is 4.47 Å². The maximum Gasteiger partial charge on any atom is 0.261 e. The molecule has 0 spiro atoms. The average Bonchev–Trinajstić information content (AvgIpc) is 2.67. The number of halogens is 3. The van der Waals surface area contributed by atoms with Gasteiger partial charge in [0.15, 0.2) is 11.5 Å². The second-order valence-corrected chi connectivity index (χ2v) is 4.58. The Hall–Kier alpha value is -1.21. The number of oxazole rings is 1. The molecular formula is C11H11BrF2N2O2.